The number of piperazine rings is 1. The van der Waals surface area contributed by atoms with E-state index >= 15 is 0 Å². The first-order valence-corrected chi connectivity index (χ1v) is 7.49. The summed E-state index contributed by atoms with van der Waals surface area (Å²) < 4.78 is 13.6. The molecule has 1 saturated heterocycles. The highest BCUT2D eigenvalue weighted by Gasteiger charge is 2.26. The Morgan fingerprint density at radius 2 is 1.86 bits per heavy atom. The second-order valence-electron chi connectivity index (χ2n) is 5.76. The summed E-state index contributed by atoms with van der Waals surface area (Å²) in [5, 5.41) is 13.6. The number of rotatable bonds is 4. The zero-order valence-corrected chi connectivity index (χ0v) is 15.2. The average Bonchev–Trinajstić information content (AvgIpc) is 2.41. The van der Waals surface area contributed by atoms with Gasteiger partial charge < -0.3 is 10.4 Å². The first kappa shape index (κ1) is 21.7. The number of nitrogens with one attached hydrogen (secondary N) is 1. The molecule has 2 rings (SSSR count). The molecule has 1 atom stereocenters. The lowest BCUT2D eigenvalue weighted by molar-refractivity contribution is 0.151. The highest BCUT2D eigenvalue weighted by Crippen LogP contribution is 2.38. The van der Waals surface area contributed by atoms with Gasteiger partial charge in [0, 0.05) is 37.8 Å². The molecule has 1 aliphatic rings. The van der Waals surface area contributed by atoms with Crippen molar-refractivity contribution in [1.29, 1.82) is 0 Å². The number of phenols is 1. The van der Waals surface area contributed by atoms with Crippen LogP contribution < -0.4 is 5.32 Å². The average molecular weight is 374 g/mol. The summed E-state index contributed by atoms with van der Waals surface area (Å²) in [6.45, 7) is 7.88. The van der Waals surface area contributed by atoms with Crippen LogP contribution in [0.5, 0.6) is 5.75 Å². The van der Waals surface area contributed by atoms with Crippen molar-refractivity contribution in [2.75, 3.05) is 26.2 Å². The minimum absolute atomic E-state index is 0. The van der Waals surface area contributed by atoms with Crippen LogP contribution >= 0.6 is 36.4 Å². The normalized spacial score (nSPS) is 16.8. The van der Waals surface area contributed by atoms with E-state index in [1.807, 2.05) is 0 Å². The maximum absolute atomic E-state index is 13.6. The van der Waals surface area contributed by atoms with Crippen molar-refractivity contribution < 1.29 is 9.50 Å². The number of hydrogen-bond acceptors (Lipinski definition) is 3. The molecule has 0 unspecified atom stereocenters. The van der Waals surface area contributed by atoms with Crippen LogP contribution in [0.3, 0.4) is 0 Å². The van der Waals surface area contributed by atoms with Crippen LogP contribution in [0.25, 0.3) is 0 Å². The van der Waals surface area contributed by atoms with Gasteiger partial charge in [0.1, 0.15) is 11.6 Å². The summed E-state index contributed by atoms with van der Waals surface area (Å²) in [6, 6.07) is 2.58. The SMILES string of the molecule is CC(C)C[C@@H](c1cc(F)cc(Cl)c1O)N1CCNCC1.Cl.Cl. The molecule has 1 fully saturated rings. The van der Waals surface area contributed by atoms with Gasteiger partial charge in [0.2, 0.25) is 0 Å². The fourth-order valence-corrected chi connectivity index (χ4v) is 2.97. The van der Waals surface area contributed by atoms with Gasteiger partial charge in [-0.15, -0.1) is 24.8 Å². The van der Waals surface area contributed by atoms with E-state index in [-0.39, 0.29) is 41.6 Å². The van der Waals surface area contributed by atoms with Crippen molar-refractivity contribution >= 4 is 36.4 Å². The van der Waals surface area contributed by atoms with E-state index in [4.69, 9.17) is 11.6 Å². The first-order chi connectivity index (χ1) is 9.49. The van der Waals surface area contributed by atoms with Gasteiger partial charge in [-0.25, -0.2) is 4.39 Å². The van der Waals surface area contributed by atoms with E-state index in [0.717, 1.165) is 38.7 Å². The van der Waals surface area contributed by atoms with Crippen molar-refractivity contribution in [2.45, 2.75) is 26.3 Å². The number of aromatic hydroxyl groups is 1. The molecule has 0 saturated carbocycles. The third-order valence-electron chi connectivity index (χ3n) is 3.70. The van der Waals surface area contributed by atoms with Crippen LogP contribution in [0.4, 0.5) is 4.39 Å². The lowest BCUT2D eigenvalue weighted by Gasteiger charge is -2.36. The molecule has 0 radical (unpaired) electrons. The standard InChI is InChI=1S/C15H22ClFN2O.2ClH/c1-10(2)7-14(19-5-3-18-4-6-19)12-8-11(17)9-13(16)15(12)20;;/h8-10,14,18,20H,3-7H2,1-2H3;2*1H/t14-;;/m0../s1. The molecule has 0 spiro atoms. The Bertz CT molecular complexity index is 468. The fraction of sp³-hybridized carbons (Fsp3) is 0.600. The second-order valence-corrected chi connectivity index (χ2v) is 6.16. The Labute approximate surface area is 149 Å². The summed E-state index contributed by atoms with van der Waals surface area (Å²) in [4.78, 5) is 2.29. The number of hydrogen-bond donors (Lipinski definition) is 2. The van der Waals surface area contributed by atoms with Crippen LogP contribution in [0, 0.1) is 11.7 Å². The van der Waals surface area contributed by atoms with E-state index in [1.165, 1.54) is 6.07 Å². The van der Waals surface area contributed by atoms with Crippen LogP contribution in [0.1, 0.15) is 31.9 Å². The topological polar surface area (TPSA) is 35.5 Å². The van der Waals surface area contributed by atoms with E-state index in [0.29, 0.717) is 11.5 Å². The van der Waals surface area contributed by atoms with Gasteiger partial charge in [-0.3, -0.25) is 4.90 Å². The number of benzene rings is 1. The molecule has 0 aliphatic carbocycles. The molecular weight excluding hydrogens is 350 g/mol. The lowest BCUT2D eigenvalue weighted by Crippen LogP contribution is -2.45. The first-order valence-electron chi connectivity index (χ1n) is 7.11. The minimum Gasteiger partial charge on any atom is -0.506 e. The van der Waals surface area contributed by atoms with Crippen molar-refractivity contribution in [3.63, 3.8) is 0 Å². The Hall–Kier alpha value is -0.260. The van der Waals surface area contributed by atoms with Gasteiger partial charge in [-0.2, -0.15) is 0 Å². The van der Waals surface area contributed by atoms with Crippen molar-refractivity contribution in [3.05, 3.63) is 28.5 Å². The van der Waals surface area contributed by atoms with Gasteiger partial charge in [0.05, 0.1) is 5.02 Å². The quantitative estimate of drug-likeness (QED) is 0.836. The number of halogens is 4. The Morgan fingerprint density at radius 1 is 1.27 bits per heavy atom. The van der Waals surface area contributed by atoms with Crippen molar-refractivity contribution in [1.82, 2.24) is 10.2 Å². The molecule has 128 valence electrons. The molecule has 22 heavy (non-hydrogen) atoms. The van der Waals surface area contributed by atoms with E-state index < -0.39 is 5.82 Å². The maximum Gasteiger partial charge on any atom is 0.139 e. The molecule has 2 N–H and O–H groups in total. The van der Waals surface area contributed by atoms with Crippen LogP contribution in [0.15, 0.2) is 12.1 Å². The molecule has 1 aromatic rings. The molecule has 1 aliphatic heterocycles. The van der Waals surface area contributed by atoms with Gasteiger partial charge >= 0.3 is 0 Å². The third kappa shape index (κ3) is 5.43. The van der Waals surface area contributed by atoms with Gasteiger partial charge in [-0.05, 0) is 24.5 Å². The Balaban J connectivity index is 0.00000220. The Kier molecular flexibility index (Phi) is 9.67. The lowest BCUT2D eigenvalue weighted by atomic mass is 9.94. The smallest absolute Gasteiger partial charge is 0.139 e. The highest BCUT2D eigenvalue weighted by molar-refractivity contribution is 6.32. The van der Waals surface area contributed by atoms with E-state index in [2.05, 4.69) is 24.1 Å². The molecule has 1 heterocycles. The molecule has 0 amide bonds. The summed E-state index contributed by atoms with van der Waals surface area (Å²) >= 11 is 5.92. The molecule has 3 nitrogen and oxygen atoms in total. The highest BCUT2D eigenvalue weighted by atomic mass is 35.5. The molecule has 1 aromatic carbocycles. The minimum atomic E-state index is -0.397. The second kappa shape index (κ2) is 9.78. The summed E-state index contributed by atoms with van der Waals surface area (Å²) in [7, 11) is 0. The van der Waals surface area contributed by atoms with Crippen LogP contribution in [-0.2, 0) is 0 Å². The van der Waals surface area contributed by atoms with Crippen molar-refractivity contribution in [2.24, 2.45) is 5.92 Å². The fourth-order valence-electron chi connectivity index (χ4n) is 2.75. The Morgan fingerprint density at radius 3 is 2.41 bits per heavy atom. The van der Waals surface area contributed by atoms with E-state index in [9.17, 15) is 9.50 Å². The number of nitrogens with zero attached hydrogens (tertiary/aromatic N) is 1. The van der Waals surface area contributed by atoms with Crippen LogP contribution in [-0.4, -0.2) is 36.2 Å². The third-order valence-corrected chi connectivity index (χ3v) is 3.99. The molecule has 0 aromatic heterocycles. The monoisotopic (exact) mass is 372 g/mol. The molecule has 7 heteroatoms. The zero-order chi connectivity index (χ0) is 14.7. The maximum atomic E-state index is 13.6. The van der Waals surface area contributed by atoms with E-state index in [1.54, 1.807) is 0 Å². The predicted octanol–water partition coefficient (Wildman–Crippen LogP) is 4.02. The van der Waals surface area contributed by atoms with Gasteiger partial charge in [0.25, 0.3) is 0 Å². The van der Waals surface area contributed by atoms with Gasteiger partial charge in [-0.1, -0.05) is 25.4 Å². The molecular formula is C15H24Cl3FN2O. The largest absolute Gasteiger partial charge is 0.506 e. The van der Waals surface area contributed by atoms with Crippen molar-refractivity contribution in [3.8, 4) is 5.75 Å². The zero-order valence-electron chi connectivity index (χ0n) is 12.8. The van der Waals surface area contributed by atoms with Crippen LogP contribution in [0.2, 0.25) is 5.02 Å². The van der Waals surface area contributed by atoms with Gasteiger partial charge in [0.15, 0.2) is 0 Å². The summed E-state index contributed by atoms with van der Waals surface area (Å²) in [5.74, 6) is 0.0697. The molecule has 0 bridgehead atoms. The summed E-state index contributed by atoms with van der Waals surface area (Å²) in [5.41, 5.74) is 0.602. The predicted molar refractivity (Wildman–Crippen MR) is 94.2 cm³/mol. The summed E-state index contributed by atoms with van der Waals surface area (Å²) in [6.07, 6.45) is 0.868. The number of phenolic OH excluding ortho intramolecular Hbond substituents is 1.